The van der Waals surface area contributed by atoms with Gasteiger partial charge in [0.15, 0.2) is 0 Å². The Bertz CT molecular complexity index is 724. The quantitative estimate of drug-likeness (QED) is 0.764. The third kappa shape index (κ3) is 3.94. The Morgan fingerprint density at radius 3 is 2.92 bits per heavy atom. The second-order valence-electron chi connectivity index (χ2n) is 7.01. The SMILES string of the molecule is O=C(OCC1CCCC2(CCOC2)O1)c1ccc(Cn2cncn2)cc1. The molecule has 2 aliphatic heterocycles. The summed E-state index contributed by atoms with van der Waals surface area (Å²) in [5.74, 6) is -0.316. The van der Waals surface area contributed by atoms with Crippen LogP contribution < -0.4 is 0 Å². The molecule has 0 N–H and O–H groups in total. The molecule has 0 amide bonds. The molecule has 2 aromatic rings. The van der Waals surface area contributed by atoms with E-state index in [2.05, 4.69) is 10.1 Å². The van der Waals surface area contributed by atoms with E-state index in [9.17, 15) is 4.79 Å². The van der Waals surface area contributed by atoms with E-state index in [1.165, 1.54) is 6.33 Å². The number of aromatic nitrogens is 3. The summed E-state index contributed by atoms with van der Waals surface area (Å²) in [6.45, 7) is 2.33. The monoisotopic (exact) mass is 357 g/mol. The molecule has 3 heterocycles. The molecule has 0 saturated carbocycles. The molecule has 4 rings (SSSR count). The Kier molecular flexibility index (Phi) is 4.99. The lowest BCUT2D eigenvalue weighted by Crippen LogP contribution is -2.43. The first-order chi connectivity index (χ1) is 12.7. The maximum Gasteiger partial charge on any atom is 0.338 e. The first-order valence-corrected chi connectivity index (χ1v) is 9.07. The van der Waals surface area contributed by atoms with Crippen LogP contribution in [0.15, 0.2) is 36.9 Å². The molecule has 2 saturated heterocycles. The lowest BCUT2D eigenvalue weighted by Gasteiger charge is -2.37. The van der Waals surface area contributed by atoms with Crippen LogP contribution >= 0.6 is 0 Å². The summed E-state index contributed by atoms with van der Waals surface area (Å²) in [6.07, 6.45) is 7.10. The van der Waals surface area contributed by atoms with E-state index in [1.807, 2.05) is 12.1 Å². The predicted octanol–water partition coefficient (Wildman–Crippen LogP) is 2.21. The summed E-state index contributed by atoms with van der Waals surface area (Å²) >= 11 is 0. The Morgan fingerprint density at radius 1 is 1.31 bits per heavy atom. The largest absolute Gasteiger partial charge is 0.459 e. The normalized spacial score (nSPS) is 25.5. The molecule has 1 aromatic carbocycles. The second-order valence-corrected chi connectivity index (χ2v) is 7.01. The van der Waals surface area contributed by atoms with Crippen LogP contribution in [0.2, 0.25) is 0 Å². The number of hydrogen-bond donors (Lipinski definition) is 0. The van der Waals surface area contributed by atoms with Crippen molar-refractivity contribution in [2.45, 2.75) is 43.9 Å². The summed E-state index contributed by atoms with van der Waals surface area (Å²) in [5.41, 5.74) is 1.44. The second kappa shape index (κ2) is 7.55. The van der Waals surface area contributed by atoms with Crippen LogP contribution in [0, 0.1) is 0 Å². The van der Waals surface area contributed by atoms with Crippen molar-refractivity contribution in [1.82, 2.24) is 14.8 Å². The van der Waals surface area contributed by atoms with Gasteiger partial charge in [-0.15, -0.1) is 0 Å². The van der Waals surface area contributed by atoms with Gasteiger partial charge in [0.1, 0.15) is 19.3 Å². The standard InChI is InChI=1S/C19H23N3O4/c23-18(16-5-3-15(4-6-16)10-22-14-20-13-21-22)25-11-17-2-1-7-19(26-17)8-9-24-12-19/h3-6,13-14,17H,1-2,7-12H2. The summed E-state index contributed by atoms with van der Waals surface area (Å²) in [6, 6.07) is 7.37. The number of hydrogen-bond acceptors (Lipinski definition) is 6. The van der Waals surface area contributed by atoms with Gasteiger partial charge >= 0.3 is 5.97 Å². The molecule has 26 heavy (non-hydrogen) atoms. The van der Waals surface area contributed by atoms with E-state index >= 15 is 0 Å². The molecule has 2 fully saturated rings. The Labute approximate surface area is 152 Å². The van der Waals surface area contributed by atoms with Gasteiger partial charge in [-0.1, -0.05) is 12.1 Å². The van der Waals surface area contributed by atoms with Crippen LogP contribution in [0.5, 0.6) is 0 Å². The highest BCUT2D eigenvalue weighted by molar-refractivity contribution is 5.89. The first-order valence-electron chi connectivity index (χ1n) is 9.07. The van der Waals surface area contributed by atoms with Crippen LogP contribution in [0.1, 0.15) is 41.6 Å². The highest BCUT2D eigenvalue weighted by atomic mass is 16.6. The summed E-state index contributed by atoms with van der Waals surface area (Å²) in [7, 11) is 0. The van der Waals surface area contributed by atoms with Gasteiger partial charge in [-0.2, -0.15) is 5.10 Å². The van der Waals surface area contributed by atoms with E-state index in [0.717, 1.165) is 37.9 Å². The lowest BCUT2D eigenvalue weighted by molar-refractivity contribution is -0.142. The van der Waals surface area contributed by atoms with Crippen LogP contribution in [0.3, 0.4) is 0 Å². The van der Waals surface area contributed by atoms with Crippen LogP contribution in [0.25, 0.3) is 0 Å². The number of benzene rings is 1. The molecule has 0 aliphatic carbocycles. The molecule has 0 bridgehead atoms. The molecule has 138 valence electrons. The Morgan fingerprint density at radius 2 is 2.19 bits per heavy atom. The molecule has 0 radical (unpaired) electrons. The van der Waals surface area contributed by atoms with Crippen molar-refractivity contribution in [3.63, 3.8) is 0 Å². The fourth-order valence-electron chi connectivity index (χ4n) is 3.62. The van der Waals surface area contributed by atoms with E-state index < -0.39 is 0 Å². The Balaban J connectivity index is 1.29. The summed E-state index contributed by atoms with van der Waals surface area (Å²) in [4.78, 5) is 16.2. The summed E-state index contributed by atoms with van der Waals surface area (Å²) < 4.78 is 18.9. The van der Waals surface area contributed by atoms with E-state index in [0.29, 0.717) is 25.3 Å². The molecule has 7 heteroatoms. The summed E-state index contributed by atoms with van der Waals surface area (Å²) in [5, 5.41) is 4.07. The van der Waals surface area contributed by atoms with Crippen molar-refractivity contribution >= 4 is 5.97 Å². The Hall–Kier alpha value is -2.25. The van der Waals surface area contributed by atoms with E-state index in [-0.39, 0.29) is 17.7 Å². The van der Waals surface area contributed by atoms with Gasteiger partial charge in [0.05, 0.1) is 30.4 Å². The topological polar surface area (TPSA) is 75.5 Å². The maximum atomic E-state index is 12.3. The number of carbonyl (C=O) groups is 1. The molecular weight excluding hydrogens is 334 g/mol. The number of carbonyl (C=O) groups excluding carboxylic acids is 1. The highest BCUT2D eigenvalue weighted by Gasteiger charge is 2.40. The van der Waals surface area contributed by atoms with Crippen molar-refractivity contribution in [2.75, 3.05) is 19.8 Å². The van der Waals surface area contributed by atoms with Gasteiger partial charge in [-0.3, -0.25) is 0 Å². The number of ether oxygens (including phenoxy) is 3. The van der Waals surface area contributed by atoms with Gasteiger partial charge in [-0.05, 0) is 37.0 Å². The number of esters is 1. The van der Waals surface area contributed by atoms with Crippen LogP contribution in [-0.2, 0) is 20.8 Å². The minimum atomic E-state index is -0.316. The number of nitrogens with zero attached hydrogens (tertiary/aromatic N) is 3. The zero-order valence-corrected chi connectivity index (χ0v) is 14.7. The average molecular weight is 357 g/mol. The molecular formula is C19H23N3O4. The fraction of sp³-hybridized carbons (Fsp3) is 0.526. The third-order valence-corrected chi connectivity index (χ3v) is 5.04. The highest BCUT2D eigenvalue weighted by Crippen LogP contribution is 2.35. The van der Waals surface area contributed by atoms with Gasteiger partial charge in [0, 0.05) is 13.0 Å². The van der Waals surface area contributed by atoms with Crippen LogP contribution in [0.4, 0.5) is 0 Å². The molecule has 2 aliphatic rings. The van der Waals surface area contributed by atoms with Crippen molar-refractivity contribution in [3.05, 3.63) is 48.0 Å². The molecule has 2 atom stereocenters. The van der Waals surface area contributed by atoms with Crippen molar-refractivity contribution in [3.8, 4) is 0 Å². The van der Waals surface area contributed by atoms with Crippen LogP contribution in [-0.4, -0.2) is 52.3 Å². The number of rotatable bonds is 5. The van der Waals surface area contributed by atoms with Gasteiger partial charge in [0.2, 0.25) is 0 Å². The minimum absolute atomic E-state index is 0.0408. The maximum absolute atomic E-state index is 12.3. The van der Waals surface area contributed by atoms with Crippen molar-refractivity contribution in [2.24, 2.45) is 0 Å². The fourth-order valence-corrected chi connectivity index (χ4v) is 3.62. The molecule has 1 aromatic heterocycles. The predicted molar refractivity (Wildman–Crippen MR) is 92.7 cm³/mol. The minimum Gasteiger partial charge on any atom is -0.459 e. The zero-order valence-electron chi connectivity index (χ0n) is 14.7. The first kappa shape index (κ1) is 17.2. The van der Waals surface area contributed by atoms with Gasteiger partial charge < -0.3 is 14.2 Å². The van der Waals surface area contributed by atoms with Gasteiger partial charge in [0.25, 0.3) is 0 Å². The van der Waals surface area contributed by atoms with Crippen molar-refractivity contribution in [1.29, 1.82) is 0 Å². The molecule has 2 unspecified atom stereocenters. The van der Waals surface area contributed by atoms with E-state index in [4.69, 9.17) is 14.2 Å². The van der Waals surface area contributed by atoms with Gasteiger partial charge in [-0.25, -0.2) is 14.5 Å². The lowest BCUT2D eigenvalue weighted by atomic mass is 9.91. The molecule has 1 spiro atoms. The smallest absolute Gasteiger partial charge is 0.338 e. The van der Waals surface area contributed by atoms with Crippen molar-refractivity contribution < 1.29 is 19.0 Å². The third-order valence-electron chi connectivity index (χ3n) is 5.04. The molecule has 7 nitrogen and oxygen atoms in total. The van der Waals surface area contributed by atoms with E-state index in [1.54, 1.807) is 23.1 Å². The zero-order chi connectivity index (χ0) is 17.8. The average Bonchev–Trinajstić information content (AvgIpc) is 3.33.